The highest BCUT2D eigenvalue weighted by molar-refractivity contribution is 7.09. The molecule has 3 heteroatoms. The van der Waals surface area contributed by atoms with Crippen LogP contribution < -0.4 is 5.32 Å². The van der Waals surface area contributed by atoms with Gasteiger partial charge in [0.1, 0.15) is 0 Å². The minimum atomic E-state index is 0.992. The molecule has 0 aliphatic carbocycles. The third-order valence-electron chi connectivity index (χ3n) is 2.84. The first-order valence-corrected chi connectivity index (χ1v) is 7.32. The van der Waals surface area contributed by atoms with E-state index in [0.717, 1.165) is 13.1 Å². The van der Waals surface area contributed by atoms with Crippen molar-refractivity contribution in [1.29, 1.82) is 0 Å². The van der Waals surface area contributed by atoms with Crippen molar-refractivity contribution >= 4 is 11.3 Å². The van der Waals surface area contributed by atoms with Crippen LogP contribution in [0.3, 0.4) is 0 Å². The lowest BCUT2D eigenvalue weighted by molar-refractivity contribution is 0.573. The van der Waals surface area contributed by atoms with E-state index in [1.807, 2.05) is 5.51 Å². The normalized spacial score (nSPS) is 10.9. The first-order chi connectivity index (χ1) is 7.84. The number of thiazole rings is 1. The summed E-state index contributed by atoms with van der Waals surface area (Å²) in [6, 6.07) is 0. The molecule has 0 aliphatic rings. The molecule has 2 nitrogen and oxygen atoms in total. The van der Waals surface area contributed by atoms with Crippen LogP contribution in [-0.4, -0.2) is 11.5 Å². The highest BCUT2D eigenvalue weighted by Crippen LogP contribution is 2.11. The van der Waals surface area contributed by atoms with Crippen molar-refractivity contribution in [3.05, 3.63) is 16.1 Å². The zero-order valence-electron chi connectivity index (χ0n) is 10.6. The highest BCUT2D eigenvalue weighted by atomic mass is 32.1. The fourth-order valence-electron chi connectivity index (χ4n) is 1.73. The molecule has 1 N–H and O–H groups in total. The second-order valence-electron chi connectivity index (χ2n) is 4.31. The second kappa shape index (κ2) is 8.71. The lowest BCUT2D eigenvalue weighted by Crippen LogP contribution is -2.14. The molecule has 0 bridgehead atoms. The molecular formula is C13H24N2S. The van der Waals surface area contributed by atoms with E-state index in [2.05, 4.69) is 24.1 Å². The quantitative estimate of drug-likeness (QED) is 0.662. The predicted molar refractivity (Wildman–Crippen MR) is 71.9 cm³/mol. The second-order valence-corrected chi connectivity index (χ2v) is 5.24. The summed E-state index contributed by atoms with van der Waals surface area (Å²) in [4.78, 5) is 5.62. The molecule has 16 heavy (non-hydrogen) atoms. The predicted octanol–water partition coefficient (Wildman–Crippen LogP) is 3.90. The summed E-state index contributed by atoms with van der Waals surface area (Å²) in [6.45, 7) is 6.48. The minimum absolute atomic E-state index is 0.992. The van der Waals surface area contributed by atoms with Crippen molar-refractivity contribution in [2.45, 2.75) is 58.9 Å². The molecule has 92 valence electrons. The molecule has 1 heterocycles. The largest absolute Gasteiger partial charge is 0.312 e. The Morgan fingerprint density at radius 2 is 1.94 bits per heavy atom. The van der Waals surface area contributed by atoms with E-state index in [9.17, 15) is 0 Å². The Morgan fingerprint density at radius 3 is 2.62 bits per heavy atom. The van der Waals surface area contributed by atoms with Gasteiger partial charge in [-0.25, -0.2) is 4.98 Å². The van der Waals surface area contributed by atoms with Crippen LogP contribution in [0.4, 0.5) is 0 Å². The standard InChI is InChI=1S/C13H24N2S/c1-3-4-5-6-7-8-9-14-10-13-12(2)15-11-16-13/h11,14H,3-10H2,1-2H3. The van der Waals surface area contributed by atoms with Gasteiger partial charge in [0, 0.05) is 11.4 Å². The van der Waals surface area contributed by atoms with Gasteiger partial charge >= 0.3 is 0 Å². The zero-order chi connectivity index (χ0) is 11.6. The number of hydrogen-bond donors (Lipinski definition) is 1. The molecule has 0 saturated carbocycles. The summed E-state index contributed by atoms with van der Waals surface area (Å²) >= 11 is 1.75. The first kappa shape index (κ1) is 13.7. The molecule has 1 aromatic rings. The molecule has 0 fully saturated rings. The molecule has 0 radical (unpaired) electrons. The summed E-state index contributed by atoms with van der Waals surface area (Å²) in [5, 5.41) is 3.49. The van der Waals surface area contributed by atoms with Crippen molar-refractivity contribution in [2.75, 3.05) is 6.54 Å². The summed E-state index contributed by atoms with van der Waals surface area (Å²) in [5.41, 5.74) is 3.11. The van der Waals surface area contributed by atoms with Crippen molar-refractivity contribution in [3.8, 4) is 0 Å². The number of nitrogens with one attached hydrogen (secondary N) is 1. The Labute approximate surface area is 103 Å². The van der Waals surface area contributed by atoms with E-state index >= 15 is 0 Å². The van der Waals surface area contributed by atoms with Crippen LogP contribution in [-0.2, 0) is 6.54 Å². The van der Waals surface area contributed by atoms with Crippen molar-refractivity contribution in [2.24, 2.45) is 0 Å². The molecular weight excluding hydrogens is 216 g/mol. The fourth-order valence-corrected chi connectivity index (χ4v) is 2.47. The smallest absolute Gasteiger partial charge is 0.0798 e. The summed E-state index contributed by atoms with van der Waals surface area (Å²) in [5.74, 6) is 0. The SMILES string of the molecule is CCCCCCCCNCc1scnc1C. The fraction of sp³-hybridized carbons (Fsp3) is 0.769. The number of rotatable bonds is 9. The average molecular weight is 240 g/mol. The molecule has 0 spiro atoms. The van der Waals surface area contributed by atoms with Gasteiger partial charge in [-0.15, -0.1) is 11.3 Å². The lowest BCUT2D eigenvalue weighted by atomic mass is 10.1. The van der Waals surface area contributed by atoms with Crippen molar-refractivity contribution in [3.63, 3.8) is 0 Å². The number of aromatic nitrogens is 1. The van der Waals surface area contributed by atoms with E-state index in [-0.39, 0.29) is 0 Å². The van der Waals surface area contributed by atoms with Crippen LogP contribution >= 0.6 is 11.3 Å². The Balaban J connectivity index is 1.91. The molecule has 0 aromatic carbocycles. The van der Waals surface area contributed by atoms with E-state index in [4.69, 9.17) is 0 Å². The monoisotopic (exact) mass is 240 g/mol. The topological polar surface area (TPSA) is 24.9 Å². The van der Waals surface area contributed by atoms with Gasteiger partial charge in [0.15, 0.2) is 0 Å². The van der Waals surface area contributed by atoms with Crippen LogP contribution in [0.25, 0.3) is 0 Å². The van der Waals surface area contributed by atoms with Gasteiger partial charge in [0.05, 0.1) is 11.2 Å². The van der Waals surface area contributed by atoms with Crippen LogP contribution in [0.5, 0.6) is 0 Å². The summed E-state index contributed by atoms with van der Waals surface area (Å²) in [6.07, 6.45) is 8.21. The number of aryl methyl sites for hydroxylation is 1. The molecule has 0 aliphatic heterocycles. The van der Waals surface area contributed by atoms with Crippen molar-refractivity contribution in [1.82, 2.24) is 10.3 Å². The number of nitrogens with zero attached hydrogens (tertiary/aromatic N) is 1. The Hall–Kier alpha value is -0.410. The van der Waals surface area contributed by atoms with Crippen LogP contribution in [0.1, 0.15) is 56.0 Å². The third-order valence-corrected chi connectivity index (χ3v) is 3.77. The van der Waals surface area contributed by atoms with Gasteiger partial charge in [-0.05, 0) is 19.9 Å². The molecule has 1 aromatic heterocycles. The molecule has 0 atom stereocenters. The maximum Gasteiger partial charge on any atom is 0.0798 e. The Bertz CT molecular complexity index is 271. The first-order valence-electron chi connectivity index (χ1n) is 6.44. The maximum absolute atomic E-state index is 4.24. The molecule has 1 rings (SSSR count). The third kappa shape index (κ3) is 5.61. The average Bonchev–Trinajstić information content (AvgIpc) is 2.68. The maximum atomic E-state index is 4.24. The number of unbranched alkanes of at least 4 members (excludes halogenated alkanes) is 5. The van der Waals surface area contributed by atoms with E-state index in [1.165, 1.54) is 49.1 Å². The van der Waals surface area contributed by atoms with Gasteiger partial charge in [-0.2, -0.15) is 0 Å². The molecule has 0 saturated heterocycles. The van der Waals surface area contributed by atoms with Crippen LogP contribution in [0.2, 0.25) is 0 Å². The van der Waals surface area contributed by atoms with E-state index in [1.54, 1.807) is 11.3 Å². The van der Waals surface area contributed by atoms with E-state index < -0.39 is 0 Å². The molecule has 0 amide bonds. The zero-order valence-corrected chi connectivity index (χ0v) is 11.4. The van der Waals surface area contributed by atoms with Gasteiger partial charge in [0.25, 0.3) is 0 Å². The Morgan fingerprint density at radius 1 is 1.19 bits per heavy atom. The van der Waals surface area contributed by atoms with Crippen molar-refractivity contribution < 1.29 is 0 Å². The number of hydrogen-bond acceptors (Lipinski definition) is 3. The van der Waals surface area contributed by atoms with Gasteiger partial charge in [-0.3, -0.25) is 0 Å². The van der Waals surface area contributed by atoms with Crippen LogP contribution in [0.15, 0.2) is 5.51 Å². The Kier molecular flexibility index (Phi) is 7.43. The summed E-state index contributed by atoms with van der Waals surface area (Å²) in [7, 11) is 0. The van der Waals surface area contributed by atoms with Crippen LogP contribution in [0, 0.1) is 6.92 Å². The lowest BCUT2D eigenvalue weighted by Gasteiger charge is -2.03. The van der Waals surface area contributed by atoms with Gasteiger partial charge < -0.3 is 5.32 Å². The van der Waals surface area contributed by atoms with Gasteiger partial charge in [-0.1, -0.05) is 39.0 Å². The van der Waals surface area contributed by atoms with E-state index in [0.29, 0.717) is 0 Å². The highest BCUT2D eigenvalue weighted by Gasteiger charge is 1.99. The molecule has 0 unspecified atom stereocenters. The minimum Gasteiger partial charge on any atom is -0.312 e. The summed E-state index contributed by atoms with van der Waals surface area (Å²) < 4.78 is 0. The van der Waals surface area contributed by atoms with Gasteiger partial charge in [0.2, 0.25) is 0 Å².